The molecule has 5 nitrogen and oxygen atoms in total. The van der Waals surface area contributed by atoms with Gasteiger partial charge < -0.3 is 15.0 Å². The molecular formula is C17H21N3O2S. The molecule has 0 bridgehead atoms. The number of nitrogens with zero attached hydrogens (tertiary/aromatic N) is 2. The number of carbonyl (C=O) groups excluding carboxylic acids is 1. The second-order valence-corrected chi connectivity index (χ2v) is 6.63. The van der Waals surface area contributed by atoms with Gasteiger partial charge in [0.25, 0.3) is 0 Å². The van der Waals surface area contributed by atoms with Crippen molar-refractivity contribution in [2.75, 3.05) is 13.1 Å². The molecule has 1 aliphatic heterocycles. The predicted molar refractivity (Wildman–Crippen MR) is 90.4 cm³/mol. The van der Waals surface area contributed by atoms with Gasteiger partial charge in [0.05, 0.1) is 18.7 Å². The van der Waals surface area contributed by atoms with Crippen molar-refractivity contribution in [3.05, 3.63) is 52.5 Å². The Morgan fingerprint density at radius 3 is 3.04 bits per heavy atom. The molecule has 6 heteroatoms. The third-order valence-electron chi connectivity index (χ3n) is 3.99. The number of nitrogens with one attached hydrogen (secondary N) is 1. The SMILES string of the molecule is C[C@@H]1CN(C(=O)N[C@H](C)c2cccnc2)C[C@@H](c2ccsc2)O1. The summed E-state index contributed by atoms with van der Waals surface area (Å²) in [4.78, 5) is 18.5. The molecule has 2 amide bonds. The van der Waals surface area contributed by atoms with Gasteiger partial charge in [-0.1, -0.05) is 6.07 Å². The summed E-state index contributed by atoms with van der Waals surface area (Å²) >= 11 is 1.65. The highest BCUT2D eigenvalue weighted by Gasteiger charge is 2.30. The fourth-order valence-corrected chi connectivity index (χ4v) is 3.45. The summed E-state index contributed by atoms with van der Waals surface area (Å²) in [6, 6.07) is 5.77. The van der Waals surface area contributed by atoms with Crippen molar-refractivity contribution in [1.29, 1.82) is 0 Å². The molecule has 122 valence electrons. The number of morpholine rings is 1. The summed E-state index contributed by atoms with van der Waals surface area (Å²) in [6.07, 6.45) is 3.48. The highest BCUT2D eigenvalue weighted by atomic mass is 32.1. The highest BCUT2D eigenvalue weighted by molar-refractivity contribution is 7.07. The topological polar surface area (TPSA) is 54.5 Å². The minimum atomic E-state index is -0.0750. The van der Waals surface area contributed by atoms with E-state index >= 15 is 0 Å². The zero-order valence-electron chi connectivity index (χ0n) is 13.3. The van der Waals surface area contributed by atoms with Gasteiger partial charge in [-0.3, -0.25) is 4.98 Å². The summed E-state index contributed by atoms with van der Waals surface area (Å²) < 4.78 is 5.98. The molecule has 1 saturated heterocycles. The molecule has 0 aliphatic carbocycles. The molecule has 0 aromatic carbocycles. The van der Waals surface area contributed by atoms with Gasteiger partial charge in [0.2, 0.25) is 0 Å². The molecule has 0 saturated carbocycles. The van der Waals surface area contributed by atoms with Gasteiger partial charge in [-0.25, -0.2) is 4.79 Å². The molecule has 1 fully saturated rings. The second kappa shape index (κ2) is 7.10. The van der Waals surface area contributed by atoms with Gasteiger partial charge in [-0.15, -0.1) is 0 Å². The number of aromatic nitrogens is 1. The van der Waals surface area contributed by atoms with E-state index in [1.54, 1.807) is 23.7 Å². The first-order chi connectivity index (χ1) is 11.1. The number of amides is 2. The van der Waals surface area contributed by atoms with Crippen molar-refractivity contribution in [2.24, 2.45) is 0 Å². The van der Waals surface area contributed by atoms with Crippen LogP contribution in [0.3, 0.4) is 0 Å². The maximum atomic E-state index is 12.6. The lowest BCUT2D eigenvalue weighted by molar-refractivity contribution is -0.0657. The van der Waals surface area contributed by atoms with E-state index in [9.17, 15) is 4.79 Å². The van der Waals surface area contributed by atoms with E-state index in [0.29, 0.717) is 13.1 Å². The number of thiophene rings is 1. The van der Waals surface area contributed by atoms with Crippen molar-refractivity contribution < 1.29 is 9.53 Å². The molecule has 1 N–H and O–H groups in total. The second-order valence-electron chi connectivity index (χ2n) is 5.85. The van der Waals surface area contributed by atoms with Crippen LogP contribution in [0.15, 0.2) is 41.4 Å². The Bertz CT molecular complexity index is 633. The first-order valence-electron chi connectivity index (χ1n) is 7.76. The Labute approximate surface area is 140 Å². The van der Waals surface area contributed by atoms with Crippen LogP contribution in [0.5, 0.6) is 0 Å². The first-order valence-corrected chi connectivity index (χ1v) is 8.70. The van der Waals surface area contributed by atoms with E-state index in [-0.39, 0.29) is 24.3 Å². The normalized spacial score (nSPS) is 22.6. The average molecular weight is 331 g/mol. The van der Waals surface area contributed by atoms with Crippen molar-refractivity contribution in [1.82, 2.24) is 15.2 Å². The minimum Gasteiger partial charge on any atom is -0.367 e. The lowest BCUT2D eigenvalue weighted by Crippen LogP contribution is -2.50. The lowest BCUT2D eigenvalue weighted by atomic mass is 10.1. The molecule has 0 unspecified atom stereocenters. The molecule has 2 aromatic rings. The number of carbonyl (C=O) groups is 1. The van der Waals surface area contributed by atoms with Crippen LogP contribution in [0.4, 0.5) is 4.79 Å². The van der Waals surface area contributed by atoms with E-state index in [1.807, 2.05) is 36.3 Å². The third-order valence-corrected chi connectivity index (χ3v) is 4.69. The Morgan fingerprint density at radius 1 is 1.48 bits per heavy atom. The Morgan fingerprint density at radius 2 is 2.35 bits per heavy atom. The summed E-state index contributed by atoms with van der Waals surface area (Å²) in [5.41, 5.74) is 2.14. The predicted octanol–water partition coefficient (Wildman–Crippen LogP) is 3.38. The fourth-order valence-electron chi connectivity index (χ4n) is 2.75. The van der Waals surface area contributed by atoms with Crippen molar-refractivity contribution >= 4 is 17.4 Å². The van der Waals surface area contributed by atoms with Crippen LogP contribution in [-0.2, 0) is 4.74 Å². The fraction of sp³-hybridized carbons (Fsp3) is 0.412. The third kappa shape index (κ3) is 3.89. The van der Waals surface area contributed by atoms with Crippen LogP contribution in [-0.4, -0.2) is 35.1 Å². The first kappa shape index (κ1) is 16.0. The van der Waals surface area contributed by atoms with Crippen LogP contribution in [0.2, 0.25) is 0 Å². The monoisotopic (exact) mass is 331 g/mol. The van der Waals surface area contributed by atoms with E-state index in [1.165, 1.54) is 0 Å². The Balaban J connectivity index is 1.64. The number of hydrogen-bond acceptors (Lipinski definition) is 4. The number of ether oxygens (including phenoxy) is 1. The Hall–Kier alpha value is -1.92. The van der Waals surface area contributed by atoms with Crippen LogP contribution >= 0.6 is 11.3 Å². The minimum absolute atomic E-state index is 0.0214. The van der Waals surface area contributed by atoms with Gasteiger partial charge in [-0.2, -0.15) is 11.3 Å². The van der Waals surface area contributed by atoms with Crippen molar-refractivity contribution in [3.63, 3.8) is 0 Å². The zero-order chi connectivity index (χ0) is 16.2. The van der Waals surface area contributed by atoms with Crippen LogP contribution in [0, 0.1) is 0 Å². The summed E-state index contributed by atoms with van der Waals surface area (Å²) in [7, 11) is 0. The van der Waals surface area contributed by atoms with Gasteiger partial charge in [0.1, 0.15) is 6.10 Å². The molecule has 3 atom stereocenters. The smallest absolute Gasteiger partial charge is 0.318 e. The van der Waals surface area contributed by atoms with Crippen molar-refractivity contribution in [2.45, 2.75) is 32.1 Å². The van der Waals surface area contributed by atoms with Crippen molar-refractivity contribution in [3.8, 4) is 0 Å². The summed E-state index contributed by atoms with van der Waals surface area (Å²) in [6.45, 7) is 5.15. The maximum absolute atomic E-state index is 12.6. The molecule has 0 radical (unpaired) electrons. The maximum Gasteiger partial charge on any atom is 0.318 e. The standard InChI is InChI=1S/C17H21N3O2S/c1-12-9-20(10-16(22-12)15-5-7-23-11-15)17(21)19-13(2)14-4-3-6-18-8-14/h3-8,11-13,16H,9-10H2,1-2H3,(H,19,21)/t12-,13-,16+/m1/s1. The van der Waals surface area contributed by atoms with E-state index in [0.717, 1.165) is 11.1 Å². The summed E-state index contributed by atoms with van der Waals surface area (Å²) in [5, 5.41) is 7.16. The highest BCUT2D eigenvalue weighted by Crippen LogP contribution is 2.27. The van der Waals surface area contributed by atoms with Gasteiger partial charge in [-0.05, 0) is 47.9 Å². The molecular weight excluding hydrogens is 310 g/mol. The quantitative estimate of drug-likeness (QED) is 0.938. The van der Waals surface area contributed by atoms with E-state index in [2.05, 4.69) is 21.7 Å². The van der Waals surface area contributed by atoms with Crippen LogP contribution in [0.1, 0.15) is 37.1 Å². The largest absolute Gasteiger partial charge is 0.367 e. The number of pyridine rings is 1. The van der Waals surface area contributed by atoms with E-state index < -0.39 is 0 Å². The molecule has 23 heavy (non-hydrogen) atoms. The lowest BCUT2D eigenvalue weighted by Gasteiger charge is -2.37. The van der Waals surface area contributed by atoms with E-state index in [4.69, 9.17) is 4.74 Å². The molecule has 3 rings (SSSR count). The van der Waals surface area contributed by atoms with Crippen LogP contribution < -0.4 is 5.32 Å². The Kier molecular flexibility index (Phi) is 4.93. The summed E-state index contributed by atoms with van der Waals surface area (Å²) in [5.74, 6) is 0. The number of urea groups is 1. The van der Waals surface area contributed by atoms with Gasteiger partial charge >= 0.3 is 6.03 Å². The molecule has 3 heterocycles. The van der Waals surface area contributed by atoms with Gasteiger partial charge in [0.15, 0.2) is 0 Å². The molecule has 2 aromatic heterocycles. The molecule has 1 aliphatic rings. The van der Waals surface area contributed by atoms with Crippen LogP contribution in [0.25, 0.3) is 0 Å². The zero-order valence-corrected chi connectivity index (χ0v) is 14.1. The number of rotatable bonds is 3. The molecule has 0 spiro atoms. The van der Waals surface area contributed by atoms with Gasteiger partial charge in [0, 0.05) is 18.9 Å². The average Bonchev–Trinajstić information content (AvgIpc) is 3.09. The number of hydrogen-bond donors (Lipinski definition) is 1.